The molecule has 0 aromatic rings. The molecule has 0 rings (SSSR count). The number of unbranched alkanes of at least 4 members (excludes halogenated alkanes) is 1. The Morgan fingerprint density at radius 2 is 1.78 bits per heavy atom. The van der Waals surface area contributed by atoms with Gasteiger partial charge < -0.3 is 9.22 Å². The van der Waals surface area contributed by atoms with Crippen LogP contribution in [0.15, 0.2) is 49.1 Å². The molecule has 23 heavy (non-hydrogen) atoms. The van der Waals surface area contributed by atoms with Crippen molar-refractivity contribution in [1.29, 1.82) is 0 Å². The molecule has 0 amide bonds. The predicted octanol–water partition coefficient (Wildman–Crippen LogP) is 4.43. The number of allylic oxidation sites excluding steroid dienone is 4. The van der Waals surface area contributed by atoms with Crippen molar-refractivity contribution >= 4 is 5.97 Å². The summed E-state index contributed by atoms with van der Waals surface area (Å²) < 4.78 is 6.51. The molecule has 0 spiro atoms. The monoisotopic (exact) mass is 320 g/mol. The summed E-state index contributed by atoms with van der Waals surface area (Å²) in [5.41, 5.74) is 0.499. The van der Waals surface area contributed by atoms with Gasteiger partial charge in [-0.3, -0.25) is 0 Å². The molecule has 0 N–H and O–H groups in total. The van der Waals surface area contributed by atoms with Crippen molar-refractivity contribution in [3.05, 3.63) is 49.1 Å². The fourth-order valence-corrected chi connectivity index (χ4v) is 2.68. The van der Waals surface area contributed by atoms with Gasteiger partial charge in [0, 0.05) is 0 Å². The van der Waals surface area contributed by atoms with Gasteiger partial charge in [-0.1, -0.05) is 51.7 Å². The minimum absolute atomic E-state index is 0.302. The second-order valence-electron chi connectivity index (χ2n) is 5.77. The molecule has 1 atom stereocenters. The molecule has 0 bridgehead atoms. The Kier molecular flexibility index (Phi) is 12.0. The molecule has 1 unspecified atom stereocenters. The van der Waals surface area contributed by atoms with E-state index in [9.17, 15) is 4.79 Å². The van der Waals surface area contributed by atoms with Crippen molar-refractivity contribution in [1.82, 2.24) is 0 Å². The van der Waals surface area contributed by atoms with Gasteiger partial charge in [0.05, 0.1) is 25.2 Å². The van der Waals surface area contributed by atoms with Crippen LogP contribution in [0.25, 0.3) is 0 Å². The first-order chi connectivity index (χ1) is 11.1. The predicted molar refractivity (Wildman–Crippen MR) is 99.2 cm³/mol. The zero-order valence-corrected chi connectivity index (χ0v) is 15.2. The van der Waals surface area contributed by atoms with Crippen molar-refractivity contribution in [2.24, 2.45) is 0 Å². The normalized spacial score (nSPS) is 14.5. The summed E-state index contributed by atoms with van der Waals surface area (Å²) in [5.74, 6) is -0.302. The van der Waals surface area contributed by atoms with Gasteiger partial charge in [0.15, 0.2) is 0 Å². The summed E-state index contributed by atoms with van der Waals surface area (Å²) in [6, 6.07) is 0. The maximum absolute atomic E-state index is 12.2. The number of hydrogen-bond acceptors (Lipinski definition) is 2. The van der Waals surface area contributed by atoms with Crippen LogP contribution in [0.5, 0.6) is 0 Å². The first-order valence-electron chi connectivity index (χ1n) is 8.73. The van der Waals surface area contributed by atoms with E-state index in [4.69, 9.17) is 4.74 Å². The van der Waals surface area contributed by atoms with E-state index in [0.717, 1.165) is 37.1 Å². The van der Waals surface area contributed by atoms with E-state index in [1.54, 1.807) is 30.4 Å². The highest BCUT2D eigenvalue weighted by Crippen LogP contribution is 2.11. The van der Waals surface area contributed by atoms with Gasteiger partial charge in [-0.2, -0.15) is 0 Å². The molecule has 0 aliphatic heterocycles. The lowest BCUT2D eigenvalue weighted by molar-refractivity contribution is -0.926. The number of likely N-dealkylation sites (N-methyl/N-ethyl adjacent to an activating group) is 1. The molecule has 130 valence electrons. The van der Waals surface area contributed by atoms with Gasteiger partial charge in [0.2, 0.25) is 0 Å². The van der Waals surface area contributed by atoms with Crippen molar-refractivity contribution in [3.8, 4) is 0 Å². The third-order valence-corrected chi connectivity index (χ3v) is 4.10. The number of hydrogen-bond donors (Lipinski definition) is 0. The molecule has 0 fully saturated rings. The molecule has 3 nitrogen and oxygen atoms in total. The lowest BCUT2D eigenvalue weighted by Gasteiger charge is -2.37. The zero-order chi connectivity index (χ0) is 17.6. The number of rotatable bonds is 13. The first kappa shape index (κ1) is 21.4. The van der Waals surface area contributed by atoms with Crippen LogP contribution in [0, 0.1) is 0 Å². The molecule has 0 saturated carbocycles. The number of esters is 1. The third-order valence-electron chi connectivity index (χ3n) is 4.10. The fraction of sp³-hybridized carbons (Fsp3) is 0.550. The van der Waals surface area contributed by atoms with Crippen LogP contribution in [0.4, 0.5) is 0 Å². The average Bonchev–Trinajstić information content (AvgIpc) is 2.56. The van der Waals surface area contributed by atoms with Crippen LogP contribution in [-0.4, -0.2) is 43.2 Å². The molecule has 0 saturated heterocycles. The van der Waals surface area contributed by atoms with Crippen molar-refractivity contribution in [3.63, 3.8) is 0 Å². The van der Waals surface area contributed by atoms with Crippen molar-refractivity contribution in [2.75, 3.05) is 32.8 Å². The van der Waals surface area contributed by atoms with Crippen LogP contribution in [0.3, 0.4) is 0 Å². The lowest BCUT2D eigenvalue weighted by Crippen LogP contribution is -2.51. The molecular weight excluding hydrogens is 286 g/mol. The summed E-state index contributed by atoms with van der Waals surface area (Å²) in [4.78, 5) is 12.2. The molecule has 0 aromatic heterocycles. The second-order valence-corrected chi connectivity index (χ2v) is 5.77. The number of ether oxygens (including phenoxy) is 1. The Labute approximate surface area is 142 Å². The summed E-state index contributed by atoms with van der Waals surface area (Å²) in [5, 5.41) is 0. The third kappa shape index (κ3) is 8.56. The topological polar surface area (TPSA) is 26.3 Å². The summed E-state index contributed by atoms with van der Waals surface area (Å²) in [6.45, 7) is 18.6. The number of carbonyl (C=O) groups excluding carboxylic acids is 1. The highest BCUT2D eigenvalue weighted by atomic mass is 16.5. The molecule has 3 heteroatoms. The smallest absolute Gasteiger partial charge is 0.338 e. The highest BCUT2D eigenvalue weighted by molar-refractivity contribution is 5.91. The minimum Gasteiger partial charge on any atom is -0.456 e. The standard InChI is InChI=1S/C20H34NO2/c1-6-11-14-19(13-8-3)20(22)23-18-17-21(10-5,15-9-4)16-12-7-2/h6,8,11,13-14H,1,3,7,9-10,12,15-18H2,2,4-5H3/q+1/b14-11-,19-13+. The van der Waals surface area contributed by atoms with E-state index in [2.05, 4.69) is 33.9 Å². The minimum atomic E-state index is -0.302. The Balaban J connectivity index is 4.69. The number of nitrogens with zero attached hydrogens (tertiary/aromatic N) is 1. The maximum Gasteiger partial charge on any atom is 0.338 e. The second kappa shape index (κ2) is 12.9. The van der Waals surface area contributed by atoms with Crippen LogP contribution in [0.1, 0.15) is 40.0 Å². The maximum atomic E-state index is 12.2. The van der Waals surface area contributed by atoms with E-state index < -0.39 is 0 Å². The largest absolute Gasteiger partial charge is 0.456 e. The van der Waals surface area contributed by atoms with Gasteiger partial charge in [0.25, 0.3) is 0 Å². The Morgan fingerprint density at radius 3 is 2.30 bits per heavy atom. The SMILES string of the molecule is C=C/C=C\C(=C/C=C)C(=O)OCC[N+](CC)(CCC)CCCC. The molecule has 0 aromatic carbocycles. The summed E-state index contributed by atoms with van der Waals surface area (Å²) >= 11 is 0. The quantitative estimate of drug-likeness (QED) is 0.217. The molecular formula is C20H34NO2+. The van der Waals surface area contributed by atoms with Crippen LogP contribution < -0.4 is 0 Å². The van der Waals surface area contributed by atoms with Crippen molar-refractivity contribution in [2.45, 2.75) is 40.0 Å². The van der Waals surface area contributed by atoms with Crippen LogP contribution in [0.2, 0.25) is 0 Å². The van der Waals surface area contributed by atoms with E-state index in [1.165, 1.54) is 12.8 Å². The molecule has 0 heterocycles. The summed E-state index contributed by atoms with van der Waals surface area (Å²) in [6.07, 6.45) is 11.9. The van der Waals surface area contributed by atoms with E-state index in [0.29, 0.717) is 12.2 Å². The van der Waals surface area contributed by atoms with Crippen LogP contribution >= 0.6 is 0 Å². The van der Waals surface area contributed by atoms with Gasteiger partial charge >= 0.3 is 5.97 Å². The zero-order valence-electron chi connectivity index (χ0n) is 15.2. The molecule has 0 aliphatic carbocycles. The lowest BCUT2D eigenvalue weighted by atomic mass is 10.2. The van der Waals surface area contributed by atoms with Crippen molar-refractivity contribution < 1.29 is 14.0 Å². The molecule has 0 aliphatic rings. The first-order valence-corrected chi connectivity index (χ1v) is 8.73. The highest BCUT2D eigenvalue weighted by Gasteiger charge is 2.24. The van der Waals surface area contributed by atoms with Gasteiger partial charge in [-0.15, -0.1) is 0 Å². The van der Waals surface area contributed by atoms with E-state index >= 15 is 0 Å². The number of carbonyl (C=O) groups is 1. The van der Waals surface area contributed by atoms with Gasteiger partial charge in [-0.25, -0.2) is 4.79 Å². The fourth-order valence-electron chi connectivity index (χ4n) is 2.68. The Hall–Kier alpha value is -1.61. The summed E-state index contributed by atoms with van der Waals surface area (Å²) in [7, 11) is 0. The van der Waals surface area contributed by atoms with Crippen LogP contribution in [-0.2, 0) is 9.53 Å². The average molecular weight is 320 g/mol. The Bertz CT molecular complexity index is 423. The number of quaternary nitrogens is 1. The van der Waals surface area contributed by atoms with E-state index in [1.807, 2.05) is 0 Å². The van der Waals surface area contributed by atoms with Gasteiger partial charge in [-0.05, 0) is 31.9 Å². The van der Waals surface area contributed by atoms with E-state index in [-0.39, 0.29) is 5.97 Å². The molecule has 0 radical (unpaired) electrons. The van der Waals surface area contributed by atoms with Gasteiger partial charge in [0.1, 0.15) is 13.2 Å². The Morgan fingerprint density at radius 1 is 1.04 bits per heavy atom.